The lowest BCUT2D eigenvalue weighted by Crippen LogP contribution is -2.27. The predicted molar refractivity (Wildman–Crippen MR) is 71.7 cm³/mol. The molecule has 96 valence electrons. The third kappa shape index (κ3) is 4.43. The first-order chi connectivity index (χ1) is 7.95. The van der Waals surface area contributed by atoms with E-state index in [0.29, 0.717) is 17.4 Å². The molecular formula is C14H25N3. The topological polar surface area (TPSA) is 37.8 Å². The maximum absolute atomic E-state index is 4.11. The van der Waals surface area contributed by atoms with Crippen LogP contribution in [-0.2, 0) is 0 Å². The summed E-state index contributed by atoms with van der Waals surface area (Å²) >= 11 is 0. The highest BCUT2D eigenvalue weighted by Gasteiger charge is 2.24. The molecule has 1 N–H and O–H groups in total. The van der Waals surface area contributed by atoms with Crippen molar-refractivity contribution >= 4 is 0 Å². The summed E-state index contributed by atoms with van der Waals surface area (Å²) in [4.78, 5) is 8.21. The second kappa shape index (κ2) is 6.10. The standard InChI is InChI=1S/C14H25N3/c1-6-17-13(7-11(2)14(3,4)5)12-8-15-10-16-9-12/h8-11,13,17H,6-7H2,1-5H3. The van der Waals surface area contributed by atoms with Crippen molar-refractivity contribution in [2.45, 2.75) is 47.1 Å². The molecule has 0 saturated carbocycles. The summed E-state index contributed by atoms with van der Waals surface area (Å²) in [5.74, 6) is 0.645. The molecule has 0 radical (unpaired) electrons. The molecule has 1 rings (SSSR count). The smallest absolute Gasteiger partial charge is 0.115 e. The van der Waals surface area contributed by atoms with Crippen LogP contribution in [0, 0.1) is 11.3 Å². The van der Waals surface area contributed by atoms with Crippen LogP contribution in [-0.4, -0.2) is 16.5 Å². The lowest BCUT2D eigenvalue weighted by atomic mass is 9.78. The molecule has 2 atom stereocenters. The Morgan fingerprint density at radius 2 is 1.82 bits per heavy atom. The zero-order valence-corrected chi connectivity index (χ0v) is 11.7. The Morgan fingerprint density at radius 3 is 2.29 bits per heavy atom. The van der Waals surface area contributed by atoms with Gasteiger partial charge in [-0.2, -0.15) is 0 Å². The monoisotopic (exact) mass is 235 g/mol. The Balaban J connectivity index is 2.74. The lowest BCUT2D eigenvalue weighted by Gasteiger charge is -2.31. The van der Waals surface area contributed by atoms with Gasteiger partial charge < -0.3 is 5.32 Å². The van der Waals surface area contributed by atoms with Gasteiger partial charge in [0.2, 0.25) is 0 Å². The van der Waals surface area contributed by atoms with Gasteiger partial charge in [0.1, 0.15) is 6.33 Å². The highest BCUT2D eigenvalue weighted by Crippen LogP contribution is 2.32. The SMILES string of the molecule is CCNC(CC(C)C(C)(C)C)c1cncnc1. The van der Waals surface area contributed by atoms with Gasteiger partial charge in [-0.05, 0) is 24.3 Å². The van der Waals surface area contributed by atoms with Gasteiger partial charge in [0.15, 0.2) is 0 Å². The van der Waals surface area contributed by atoms with E-state index in [4.69, 9.17) is 0 Å². The van der Waals surface area contributed by atoms with E-state index in [2.05, 4.69) is 49.9 Å². The summed E-state index contributed by atoms with van der Waals surface area (Å²) in [5, 5.41) is 3.52. The molecule has 0 spiro atoms. The molecule has 0 amide bonds. The van der Waals surface area contributed by atoms with Crippen LogP contribution in [0.25, 0.3) is 0 Å². The van der Waals surface area contributed by atoms with E-state index in [-0.39, 0.29) is 0 Å². The van der Waals surface area contributed by atoms with Gasteiger partial charge in [0.25, 0.3) is 0 Å². The molecule has 0 saturated heterocycles. The molecule has 0 fully saturated rings. The Labute approximate surface area is 105 Å². The van der Waals surface area contributed by atoms with Crippen LogP contribution in [0.2, 0.25) is 0 Å². The van der Waals surface area contributed by atoms with Crippen molar-refractivity contribution in [3.63, 3.8) is 0 Å². The molecule has 0 aliphatic carbocycles. The molecule has 2 unspecified atom stereocenters. The van der Waals surface area contributed by atoms with Crippen LogP contribution < -0.4 is 5.32 Å². The molecule has 0 bridgehead atoms. The number of hydrogen-bond acceptors (Lipinski definition) is 3. The number of nitrogens with zero attached hydrogens (tertiary/aromatic N) is 2. The van der Waals surface area contributed by atoms with Crippen LogP contribution in [0.3, 0.4) is 0 Å². The first-order valence-electron chi connectivity index (χ1n) is 6.43. The summed E-state index contributed by atoms with van der Waals surface area (Å²) in [6.45, 7) is 12.3. The molecule has 1 aromatic heterocycles. The Bertz CT molecular complexity index is 316. The van der Waals surface area contributed by atoms with Gasteiger partial charge in [0, 0.05) is 24.0 Å². The minimum Gasteiger partial charge on any atom is -0.310 e. The molecular weight excluding hydrogens is 210 g/mol. The van der Waals surface area contributed by atoms with Crippen molar-refractivity contribution in [3.05, 3.63) is 24.3 Å². The number of hydrogen-bond donors (Lipinski definition) is 1. The largest absolute Gasteiger partial charge is 0.310 e. The van der Waals surface area contributed by atoms with Gasteiger partial charge in [-0.1, -0.05) is 34.6 Å². The highest BCUT2D eigenvalue weighted by molar-refractivity contribution is 5.09. The van der Waals surface area contributed by atoms with E-state index < -0.39 is 0 Å². The predicted octanol–water partition coefficient (Wildman–Crippen LogP) is 3.20. The summed E-state index contributed by atoms with van der Waals surface area (Å²) in [7, 11) is 0. The number of rotatable bonds is 5. The van der Waals surface area contributed by atoms with Gasteiger partial charge in [-0.15, -0.1) is 0 Å². The molecule has 3 heteroatoms. The third-order valence-electron chi connectivity index (χ3n) is 3.50. The maximum atomic E-state index is 4.11. The van der Waals surface area contributed by atoms with Crippen LogP contribution in [0.4, 0.5) is 0 Å². The first kappa shape index (κ1) is 14.1. The minimum absolute atomic E-state index is 0.337. The van der Waals surface area contributed by atoms with E-state index in [1.807, 2.05) is 12.4 Å². The first-order valence-corrected chi connectivity index (χ1v) is 6.43. The second-order valence-corrected chi connectivity index (χ2v) is 5.78. The van der Waals surface area contributed by atoms with Crippen molar-refractivity contribution in [2.75, 3.05) is 6.54 Å². The van der Waals surface area contributed by atoms with Gasteiger partial charge in [-0.25, -0.2) is 9.97 Å². The summed E-state index contributed by atoms with van der Waals surface area (Å²) in [5.41, 5.74) is 1.52. The molecule has 0 aliphatic heterocycles. The summed E-state index contributed by atoms with van der Waals surface area (Å²) in [6, 6.07) is 0.357. The van der Waals surface area contributed by atoms with E-state index in [9.17, 15) is 0 Å². The van der Waals surface area contributed by atoms with Crippen LogP contribution in [0.5, 0.6) is 0 Å². The van der Waals surface area contributed by atoms with Gasteiger partial charge in [0.05, 0.1) is 0 Å². The average molecular weight is 235 g/mol. The zero-order chi connectivity index (χ0) is 12.9. The fourth-order valence-electron chi connectivity index (χ4n) is 1.78. The number of aromatic nitrogens is 2. The Hall–Kier alpha value is -0.960. The molecule has 1 aromatic rings. The van der Waals surface area contributed by atoms with E-state index >= 15 is 0 Å². The van der Waals surface area contributed by atoms with Crippen LogP contribution in [0.15, 0.2) is 18.7 Å². The lowest BCUT2D eigenvalue weighted by molar-refractivity contribution is 0.223. The third-order valence-corrected chi connectivity index (χ3v) is 3.50. The highest BCUT2D eigenvalue weighted by atomic mass is 14.9. The fourth-order valence-corrected chi connectivity index (χ4v) is 1.78. The molecule has 0 aliphatic rings. The molecule has 0 aromatic carbocycles. The van der Waals surface area contributed by atoms with Crippen molar-refractivity contribution in [3.8, 4) is 0 Å². The van der Waals surface area contributed by atoms with Gasteiger partial charge in [-0.3, -0.25) is 0 Å². The normalized spacial score (nSPS) is 15.6. The summed E-state index contributed by atoms with van der Waals surface area (Å²) in [6.07, 6.45) is 6.52. The van der Waals surface area contributed by atoms with Crippen molar-refractivity contribution in [1.82, 2.24) is 15.3 Å². The van der Waals surface area contributed by atoms with Crippen molar-refractivity contribution in [1.29, 1.82) is 0 Å². The minimum atomic E-state index is 0.337. The van der Waals surface area contributed by atoms with Crippen LogP contribution >= 0.6 is 0 Å². The quantitative estimate of drug-likeness (QED) is 0.851. The second-order valence-electron chi connectivity index (χ2n) is 5.78. The maximum Gasteiger partial charge on any atom is 0.115 e. The van der Waals surface area contributed by atoms with E-state index in [1.54, 1.807) is 6.33 Å². The summed E-state index contributed by atoms with van der Waals surface area (Å²) < 4.78 is 0. The van der Waals surface area contributed by atoms with E-state index in [0.717, 1.165) is 13.0 Å². The molecule has 3 nitrogen and oxygen atoms in total. The zero-order valence-electron chi connectivity index (χ0n) is 11.7. The van der Waals surface area contributed by atoms with Gasteiger partial charge >= 0.3 is 0 Å². The Morgan fingerprint density at radius 1 is 1.24 bits per heavy atom. The van der Waals surface area contributed by atoms with E-state index in [1.165, 1.54) is 5.56 Å². The molecule has 17 heavy (non-hydrogen) atoms. The molecule has 1 heterocycles. The Kier molecular flexibility index (Phi) is 5.06. The average Bonchev–Trinajstić information content (AvgIpc) is 2.28. The van der Waals surface area contributed by atoms with Crippen molar-refractivity contribution < 1.29 is 0 Å². The van der Waals surface area contributed by atoms with Crippen molar-refractivity contribution in [2.24, 2.45) is 11.3 Å². The van der Waals surface area contributed by atoms with Crippen LogP contribution in [0.1, 0.15) is 52.6 Å². The fraction of sp³-hybridized carbons (Fsp3) is 0.714. The number of nitrogens with one attached hydrogen (secondary N) is 1.